The molecule has 16 heavy (non-hydrogen) atoms. The third-order valence-corrected chi connectivity index (χ3v) is 2.02. The molecule has 2 aromatic rings. The van der Waals surface area contributed by atoms with Crippen LogP contribution >= 0.6 is 0 Å². The number of benzene rings is 1. The molecule has 0 aliphatic carbocycles. The molecule has 1 heterocycles. The monoisotopic (exact) mass is 227 g/mol. The summed E-state index contributed by atoms with van der Waals surface area (Å²) in [4.78, 5) is 6.53. The molecule has 0 spiro atoms. The van der Waals surface area contributed by atoms with E-state index in [0.717, 1.165) is 6.07 Å². The predicted octanol–water partition coefficient (Wildman–Crippen LogP) is 2.44. The van der Waals surface area contributed by atoms with Crippen molar-refractivity contribution in [3.63, 3.8) is 0 Å². The van der Waals surface area contributed by atoms with Crippen LogP contribution in [0.2, 0.25) is 0 Å². The SMILES string of the molecule is Fc1cc(F)c(F)c(NCc2cnc[nH]2)c1. The van der Waals surface area contributed by atoms with Crippen molar-refractivity contribution in [2.45, 2.75) is 6.54 Å². The Labute approximate surface area is 89.3 Å². The van der Waals surface area contributed by atoms with Gasteiger partial charge in [-0.05, 0) is 0 Å². The third-order valence-electron chi connectivity index (χ3n) is 2.02. The fraction of sp³-hybridized carbons (Fsp3) is 0.100. The van der Waals surface area contributed by atoms with Gasteiger partial charge in [0.15, 0.2) is 11.6 Å². The second kappa shape index (κ2) is 4.26. The van der Waals surface area contributed by atoms with Crippen LogP contribution in [0.25, 0.3) is 0 Å². The van der Waals surface area contributed by atoms with Crippen LogP contribution in [0, 0.1) is 17.5 Å². The molecule has 0 atom stereocenters. The van der Waals surface area contributed by atoms with Gasteiger partial charge in [0.2, 0.25) is 0 Å². The number of H-pyrrole nitrogens is 1. The molecule has 0 aliphatic heterocycles. The number of hydrogen-bond acceptors (Lipinski definition) is 2. The molecule has 0 saturated heterocycles. The highest BCUT2D eigenvalue weighted by Crippen LogP contribution is 2.19. The average molecular weight is 227 g/mol. The van der Waals surface area contributed by atoms with Crippen LogP contribution in [0.4, 0.5) is 18.9 Å². The van der Waals surface area contributed by atoms with Crippen LogP contribution in [0.1, 0.15) is 5.69 Å². The fourth-order valence-electron chi connectivity index (χ4n) is 1.26. The first-order chi connectivity index (χ1) is 7.66. The molecule has 0 unspecified atom stereocenters. The molecule has 0 aliphatic rings. The van der Waals surface area contributed by atoms with Gasteiger partial charge in [-0.2, -0.15) is 0 Å². The van der Waals surface area contributed by atoms with E-state index in [1.165, 1.54) is 12.5 Å². The van der Waals surface area contributed by atoms with Gasteiger partial charge >= 0.3 is 0 Å². The number of aromatic nitrogens is 2. The van der Waals surface area contributed by atoms with Gasteiger partial charge in [0, 0.05) is 18.3 Å². The van der Waals surface area contributed by atoms with Gasteiger partial charge in [-0.25, -0.2) is 18.2 Å². The fourth-order valence-corrected chi connectivity index (χ4v) is 1.26. The molecular weight excluding hydrogens is 219 g/mol. The molecule has 0 bridgehead atoms. The van der Waals surface area contributed by atoms with E-state index in [-0.39, 0.29) is 12.2 Å². The maximum absolute atomic E-state index is 13.2. The molecule has 1 aromatic carbocycles. The van der Waals surface area contributed by atoms with E-state index in [1.54, 1.807) is 0 Å². The number of aromatic amines is 1. The summed E-state index contributed by atoms with van der Waals surface area (Å²) in [6.07, 6.45) is 2.99. The summed E-state index contributed by atoms with van der Waals surface area (Å²) in [5, 5.41) is 2.57. The van der Waals surface area contributed by atoms with Crippen molar-refractivity contribution in [1.29, 1.82) is 0 Å². The molecule has 84 valence electrons. The molecule has 6 heteroatoms. The minimum atomic E-state index is -1.22. The molecule has 0 amide bonds. The summed E-state index contributed by atoms with van der Waals surface area (Å²) < 4.78 is 38.8. The van der Waals surface area contributed by atoms with Crippen LogP contribution in [0.5, 0.6) is 0 Å². The van der Waals surface area contributed by atoms with Crippen molar-refractivity contribution in [1.82, 2.24) is 9.97 Å². The van der Waals surface area contributed by atoms with Gasteiger partial charge in [0.05, 0.1) is 24.3 Å². The van der Waals surface area contributed by atoms with Crippen molar-refractivity contribution in [3.05, 3.63) is 47.8 Å². The predicted molar refractivity (Wildman–Crippen MR) is 52.2 cm³/mol. The Balaban J connectivity index is 2.15. The maximum Gasteiger partial charge on any atom is 0.182 e. The average Bonchev–Trinajstić information content (AvgIpc) is 2.74. The van der Waals surface area contributed by atoms with E-state index in [4.69, 9.17) is 0 Å². The standard InChI is InChI=1S/C10H8F3N3/c11-6-1-8(12)10(13)9(2-6)15-4-7-3-14-5-16-7/h1-3,5,15H,4H2,(H,14,16). The first-order valence-electron chi connectivity index (χ1n) is 4.52. The van der Waals surface area contributed by atoms with E-state index in [0.29, 0.717) is 11.8 Å². The number of nitrogens with zero attached hydrogens (tertiary/aromatic N) is 1. The molecular formula is C10H8F3N3. The maximum atomic E-state index is 13.2. The quantitative estimate of drug-likeness (QED) is 0.790. The number of nitrogens with one attached hydrogen (secondary N) is 2. The Kier molecular flexibility index (Phi) is 2.80. The summed E-state index contributed by atoms with van der Waals surface area (Å²) in [6.45, 7) is 0.208. The van der Waals surface area contributed by atoms with E-state index in [2.05, 4.69) is 15.3 Å². The zero-order chi connectivity index (χ0) is 11.5. The van der Waals surface area contributed by atoms with Crippen LogP contribution in [-0.4, -0.2) is 9.97 Å². The van der Waals surface area contributed by atoms with Gasteiger partial charge in [0.25, 0.3) is 0 Å². The first-order valence-corrected chi connectivity index (χ1v) is 4.52. The minimum Gasteiger partial charge on any atom is -0.377 e. The first kappa shape index (κ1) is 10.5. The van der Waals surface area contributed by atoms with Crippen molar-refractivity contribution >= 4 is 5.69 Å². The van der Waals surface area contributed by atoms with Crippen LogP contribution in [0.15, 0.2) is 24.7 Å². The Morgan fingerprint density at radius 2 is 2.06 bits per heavy atom. The van der Waals surface area contributed by atoms with E-state index in [1.807, 2.05) is 0 Å². The number of halogens is 3. The molecule has 2 N–H and O–H groups in total. The lowest BCUT2D eigenvalue weighted by Gasteiger charge is -2.06. The van der Waals surface area contributed by atoms with Crippen molar-refractivity contribution in [2.75, 3.05) is 5.32 Å². The van der Waals surface area contributed by atoms with E-state index >= 15 is 0 Å². The van der Waals surface area contributed by atoms with Crippen molar-refractivity contribution < 1.29 is 13.2 Å². The number of hydrogen-bond donors (Lipinski definition) is 2. The number of anilines is 1. The highest BCUT2D eigenvalue weighted by atomic mass is 19.2. The lowest BCUT2D eigenvalue weighted by molar-refractivity contribution is 0.497. The van der Waals surface area contributed by atoms with Gasteiger partial charge in [-0.3, -0.25) is 0 Å². The Hall–Kier alpha value is -1.98. The summed E-state index contributed by atoms with van der Waals surface area (Å²) in [6, 6.07) is 1.39. The second-order valence-corrected chi connectivity index (χ2v) is 3.18. The van der Waals surface area contributed by atoms with Crippen molar-refractivity contribution in [3.8, 4) is 0 Å². The summed E-state index contributed by atoms with van der Waals surface area (Å²) in [5.74, 6) is -3.14. The summed E-state index contributed by atoms with van der Waals surface area (Å²) in [5.41, 5.74) is 0.469. The largest absolute Gasteiger partial charge is 0.377 e. The third kappa shape index (κ3) is 2.16. The Morgan fingerprint density at radius 3 is 2.75 bits per heavy atom. The number of imidazole rings is 1. The van der Waals surface area contributed by atoms with Crippen LogP contribution < -0.4 is 5.32 Å². The Morgan fingerprint density at radius 1 is 1.25 bits per heavy atom. The second-order valence-electron chi connectivity index (χ2n) is 3.18. The normalized spacial score (nSPS) is 10.4. The topological polar surface area (TPSA) is 40.7 Å². The number of rotatable bonds is 3. The van der Waals surface area contributed by atoms with Gasteiger partial charge in [-0.1, -0.05) is 0 Å². The summed E-state index contributed by atoms with van der Waals surface area (Å²) in [7, 11) is 0. The lowest BCUT2D eigenvalue weighted by Crippen LogP contribution is -2.03. The van der Waals surface area contributed by atoms with E-state index < -0.39 is 17.5 Å². The molecule has 3 nitrogen and oxygen atoms in total. The zero-order valence-electron chi connectivity index (χ0n) is 8.10. The molecule has 1 aromatic heterocycles. The van der Waals surface area contributed by atoms with Crippen LogP contribution in [0.3, 0.4) is 0 Å². The van der Waals surface area contributed by atoms with Gasteiger partial charge in [-0.15, -0.1) is 0 Å². The van der Waals surface area contributed by atoms with Crippen LogP contribution in [-0.2, 0) is 6.54 Å². The summed E-state index contributed by atoms with van der Waals surface area (Å²) >= 11 is 0. The zero-order valence-corrected chi connectivity index (χ0v) is 8.10. The Bertz CT molecular complexity index is 482. The molecule has 0 saturated carbocycles. The lowest BCUT2D eigenvalue weighted by atomic mass is 10.2. The molecule has 0 fully saturated rings. The van der Waals surface area contributed by atoms with Gasteiger partial charge < -0.3 is 10.3 Å². The highest BCUT2D eigenvalue weighted by molar-refractivity contribution is 5.45. The smallest absolute Gasteiger partial charge is 0.182 e. The van der Waals surface area contributed by atoms with E-state index in [9.17, 15) is 13.2 Å². The minimum absolute atomic E-state index is 0.208. The highest BCUT2D eigenvalue weighted by Gasteiger charge is 2.10. The molecule has 0 radical (unpaired) electrons. The van der Waals surface area contributed by atoms with Gasteiger partial charge in [0.1, 0.15) is 5.82 Å². The molecule has 2 rings (SSSR count). The van der Waals surface area contributed by atoms with Crippen molar-refractivity contribution in [2.24, 2.45) is 0 Å².